The normalized spacial score (nSPS) is 20.8. The minimum Gasteiger partial charge on any atom is -0.387 e. The largest absolute Gasteiger partial charge is 0.387 e. The first-order valence-electron chi connectivity index (χ1n) is 10.1. The number of alkyl halides is 1. The fourth-order valence-electron chi connectivity index (χ4n) is 3.05. The lowest BCUT2D eigenvalue weighted by Gasteiger charge is -2.23. The summed E-state index contributed by atoms with van der Waals surface area (Å²) in [4.78, 5) is 21.3. The molecule has 9 nitrogen and oxygen atoms in total. The Hall–Kier alpha value is -2.82. The Kier molecular flexibility index (Phi) is 7.60. The zero-order chi connectivity index (χ0) is 23.3. The molecule has 0 saturated carbocycles. The number of carbonyl (C=O) groups excluding carboxylic acids is 1. The van der Waals surface area contributed by atoms with Crippen molar-refractivity contribution in [2.45, 2.75) is 38.1 Å². The van der Waals surface area contributed by atoms with E-state index in [1.165, 1.54) is 26.3 Å². The van der Waals surface area contributed by atoms with E-state index in [1.54, 1.807) is 12.3 Å². The average Bonchev–Trinajstić information content (AvgIpc) is 3.26. The van der Waals surface area contributed by atoms with Crippen LogP contribution in [0.2, 0.25) is 0 Å². The van der Waals surface area contributed by atoms with E-state index in [0.717, 1.165) is 12.6 Å². The number of anilines is 1. The molecule has 0 aromatic carbocycles. The average molecular weight is 465 g/mol. The second kappa shape index (κ2) is 10.2. The Balaban J connectivity index is 1.90. The van der Waals surface area contributed by atoms with Crippen molar-refractivity contribution in [3.63, 3.8) is 0 Å². The molecule has 2 aliphatic rings. The van der Waals surface area contributed by atoms with Gasteiger partial charge in [0.25, 0.3) is 5.91 Å². The molecule has 3 heterocycles. The lowest BCUT2D eigenvalue weighted by molar-refractivity contribution is -0.00177. The van der Waals surface area contributed by atoms with E-state index in [-0.39, 0.29) is 18.2 Å². The molecular formula is C21H26ClFN6O3. The first-order valence-corrected chi connectivity index (χ1v) is 10.5. The third-order valence-corrected chi connectivity index (χ3v) is 5.19. The summed E-state index contributed by atoms with van der Waals surface area (Å²) in [7, 11) is 0. The number of nitrogens with zero attached hydrogens (tertiary/aromatic N) is 2. The summed E-state index contributed by atoms with van der Waals surface area (Å²) in [6.45, 7) is 3.41. The van der Waals surface area contributed by atoms with Gasteiger partial charge in [-0.1, -0.05) is 11.6 Å². The second-order valence-electron chi connectivity index (χ2n) is 7.99. The summed E-state index contributed by atoms with van der Waals surface area (Å²) in [5.74, 6) is -0.153. The van der Waals surface area contributed by atoms with Crippen molar-refractivity contribution >= 4 is 41.2 Å². The fourth-order valence-corrected chi connectivity index (χ4v) is 3.15. The molecule has 1 aromatic heterocycles. The van der Waals surface area contributed by atoms with Crippen LogP contribution < -0.4 is 16.0 Å². The van der Waals surface area contributed by atoms with Gasteiger partial charge in [-0.05, 0) is 26.3 Å². The monoisotopic (exact) mass is 464 g/mol. The Labute approximate surface area is 190 Å². The number of hydrogen-bond donors (Lipinski definition) is 5. The molecule has 1 aromatic rings. The van der Waals surface area contributed by atoms with E-state index in [9.17, 15) is 14.3 Å². The summed E-state index contributed by atoms with van der Waals surface area (Å²) in [6, 6.07) is 1.63. The van der Waals surface area contributed by atoms with Crippen LogP contribution in [-0.2, 0) is 4.74 Å². The quantitative estimate of drug-likeness (QED) is 0.375. The van der Waals surface area contributed by atoms with Crippen LogP contribution in [-0.4, -0.2) is 66.0 Å². The predicted molar refractivity (Wildman–Crippen MR) is 122 cm³/mol. The summed E-state index contributed by atoms with van der Waals surface area (Å²) >= 11 is 5.88. The molecule has 0 spiro atoms. The molecule has 3 rings (SSSR count). The van der Waals surface area contributed by atoms with Crippen molar-refractivity contribution < 1.29 is 19.0 Å². The van der Waals surface area contributed by atoms with Crippen LogP contribution >= 0.6 is 11.6 Å². The number of aliphatic hydroxyl groups is 1. The number of halogens is 2. The minimum atomic E-state index is -1.64. The van der Waals surface area contributed by atoms with E-state index in [4.69, 9.17) is 21.7 Å². The number of ether oxygens (including phenoxy) is 1. The smallest absolute Gasteiger partial charge is 0.255 e. The van der Waals surface area contributed by atoms with Crippen LogP contribution in [0, 0.1) is 5.41 Å². The molecule has 1 fully saturated rings. The maximum atomic E-state index is 14.1. The van der Waals surface area contributed by atoms with Gasteiger partial charge in [0.2, 0.25) is 0 Å². The first kappa shape index (κ1) is 23.8. The van der Waals surface area contributed by atoms with Crippen molar-refractivity contribution in [3.8, 4) is 0 Å². The van der Waals surface area contributed by atoms with Gasteiger partial charge in [0.05, 0.1) is 52.3 Å². The van der Waals surface area contributed by atoms with Crippen molar-refractivity contribution in [2.24, 2.45) is 4.99 Å². The lowest BCUT2D eigenvalue weighted by Crippen LogP contribution is -2.42. The topological polar surface area (TPSA) is 132 Å². The van der Waals surface area contributed by atoms with E-state index in [2.05, 4.69) is 25.9 Å². The number of allylic oxidation sites excluding steroid dienone is 2. The van der Waals surface area contributed by atoms with Crippen LogP contribution in [0.25, 0.3) is 5.57 Å². The Bertz CT molecular complexity index is 967. The number of hydrogen-bond acceptors (Lipinski definition) is 8. The van der Waals surface area contributed by atoms with E-state index >= 15 is 0 Å². The summed E-state index contributed by atoms with van der Waals surface area (Å²) in [6.07, 6.45) is 4.58. The number of aliphatic imine (C=N–C) groups is 1. The van der Waals surface area contributed by atoms with Crippen LogP contribution in [0.15, 0.2) is 34.3 Å². The minimum absolute atomic E-state index is 0.00857. The molecule has 32 heavy (non-hydrogen) atoms. The van der Waals surface area contributed by atoms with E-state index in [0.29, 0.717) is 41.0 Å². The maximum absolute atomic E-state index is 14.1. The first-order chi connectivity index (χ1) is 15.2. The molecule has 5 N–H and O–H groups in total. The third kappa shape index (κ3) is 5.90. The summed E-state index contributed by atoms with van der Waals surface area (Å²) in [5, 5.41) is 26.7. The molecule has 0 bridgehead atoms. The zero-order valence-electron chi connectivity index (χ0n) is 17.8. The van der Waals surface area contributed by atoms with Gasteiger partial charge >= 0.3 is 0 Å². The number of aromatic nitrogens is 1. The lowest BCUT2D eigenvalue weighted by atomic mass is 10.0. The van der Waals surface area contributed by atoms with Gasteiger partial charge in [0.15, 0.2) is 0 Å². The summed E-state index contributed by atoms with van der Waals surface area (Å²) in [5.41, 5.74) is -0.0989. The number of pyridine rings is 1. The molecule has 2 aliphatic heterocycles. The molecule has 172 valence electrons. The standard InChI is InChI=1S/C21H26ClFN6O3/c1-21(2,31)18(23)10-28-20(30)15-9-25-16(5-17(15)29-13-3-4-32-11-13)14(6-24)19-26-7-12(22)8-27-19/h5-9,13,18,24,26,31H,3-4,10-11H2,1-2H3,(H,25,29)(H,28,30)/b19-14-,24-6?. The number of nitrogens with one attached hydrogen (secondary N) is 4. The molecule has 1 saturated heterocycles. The van der Waals surface area contributed by atoms with Crippen LogP contribution in [0.1, 0.15) is 36.3 Å². The Morgan fingerprint density at radius 2 is 2.34 bits per heavy atom. The van der Waals surface area contributed by atoms with Gasteiger partial charge in [-0.15, -0.1) is 0 Å². The van der Waals surface area contributed by atoms with Crippen molar-refractivity contribution in [1.82, 2.24) is 15.6 Å². The van der Waals surface area contributed by atoms with Gasteiger partial charge in [0, 0.05) is 31.4 Å². The van der Waals surface area contributed by atoms with E-state index < -0.39 is 17.7 Å². The Morgan fingerprint density at radius 3 is 2.94 bits per heavy atom. The highest BCUT2D eigenvalue weighted by Crippen LogP contribution is 2.25. The molecule has 2 unspecified atom stereocenters. The van der Waals surface area contributed by atoms with Gasteiger partial charge in [-0.2, -0.15) is 0 Å². The number of carbonyl (C=O) groups is 1. The second-order valence-corrected chi connectivity index (χ2v) is 8.43. The molecule has 0 aliphatic carbocycles. The van der Waals surface area contributed by atoms with Crippen molar-refractivity contribution in [3.05, 3.63) is 40.6 Å². The summed E-state index contributed by atoms with van der Waals surface area (Å²) < 4.78 is 19.5. The van der Waals surface area contributed by atoms with Gasteiger partial charge in [-0.3, -0.25) is 9.78 Å². The highest BCUT2D eigenvalue weighted by atomic mass is 35.5. The van der Waals surface area contributed by atoms with Crippen LogP contribution in [0.4, 0.5) is 10.1 Å². The van der Waals surface area contributed by atoms with Crippen molar-refractivity contribution in [1.29, 1.82) is 5.41 Å². The molecule has 1 amide bonds. The fraction of sp³-hybridized carbons (Fsp3) is 0.429. The maximum Gasteiger partial charge on any atom is 0.255 e. The van der Waals surface area contributed by atoms with Gasteiger partial charge in [-0.25, -0.2) is 9.38 Å². The van der Waals surface area contributed by atoms with Crippen molar-refractivity contribution in [2.75, 3.05) is 25.1 Å². The molecule has 0 radical (unpaired) electrons. The third-order valence-electron chi connectivity index (χ3n) is 4.99. The number of rotatable bonds is 8. The predicted octanol–water partition coefficient (Wildman–Crippen LogP) is 2.19. The highest BCUT2D eigenvalue weighted by Gasteiger charge is 2.28. The Morgan fingerprint density at radius 1 is 1.56 bits per heavy atom. The van der Waals surface area contributed by atoms with Gasteiger partial charge < -0.3 is 31.2 Å². The van der Waals surface area contributed by atoms with Crippen LogP contribution in [0.3, 0.4) is 0 Å². The molecule has 11 heteroatoms. The van der Waals surface area contributed by atoms with E-state index in [1.807, 2.05) is 0 Å². The van der Waals surface area contributed by atoms with Gasteiger partial charge in [0.1, 0.15) is 12.0 Å². The molecule has 2 atom stereocenters. The molecular weight excluding hydrogens is 439 g/mol. The number of amides is 1. The zero-order valence-corrected chi connectivity index (χ0v) is 18.5. The SMILES string of the molecule is CC(C)(O)C(F)CNC(=O)c1cnc(/C(C=N)=C2\N=CC(Cl)=CN2)cc1NC1CCOC1. The van der Waals surface area contributed by atoms with Crippen LogP contribution in [0.5, 0.6) is 0 Å². The highest BCUT2D eigenvalue weighted by molar-refractivity contribution is 6.39.